The molecule has 2 N–H and O–H groups in total. The number of nitrogens with one attached hydrogen (secondary N) is 1. The highest BCUT2D eigenvalue weighted by atomic mass is 32.8. The molecule has 0 saturated heterocycles. The van der Waals surface area contributed by atoms with Gasteiger partial charge in [-0.2, -0.15) is 0 Å². The van der Waals surface area contributed by atoms with Gasteiger partial charge in [-0.3, -0.25) is 4.72 Å². The third-order valence-electron chi connectivity index (χ3n) is 0.661. The predicted molar refractivity (Wildman–Crippen MR) is 37.7 cm³/mol. The molecule has 0 amide bonds. The van der Waals surface area contributed by atoms with Crippen LogP contribution in [0, 0.1) is 0 Å². The molecule has 4 heteroatoms. The Morgan fingerprint density at radius 3 is 2.88 bits per heavy atom. The summed E-state index contributed by atoms with van der Waals surface area (Å²) in [5, 5.41) is 10.5. The van der Waals surface area contributed by atoms with Gasteiger partial charge in [-0.1, -0.05) is 0 Å². The lowest BCUT2D eigenvalue weighted by molar-refractivity contribution is 0.394. The molecular weight excluding hydrogens is 142 g/mol. The Labute approximate surface area is 54.6 Å². The molecule has 0 fully saturated rings. The molecule has 8 heavy (non-hydrogen) atoms. The number of aliphatic hydroxyl groups excluding tert-OH is 1. The predicted octanol–water partition coefficient (Wildman–Crippen LogP) is 0.498. The van der Waals surface area contributed by atoms with Crippen LogP contribution in [0.3, 0.4) is 0 Å². The smallest absolute Gasteiger partial charge is 0.194 e. The third-order valence-corrected chi connectivity index (χ3v) is 2.06. The van der Waals surface area contributed by atoms with Crippen molar-refractivity contribution in [2.75, 3.05) is 0 Å². The second-order valence-electron chi connectivity index (χ2n) is 1.28. The first-order valence-electron chi connectivity index (χ1n) is 2.04. The third kappa shape index (κ3) is 1.31. The summed E-state index contributed by atoms with van der Waals surface area (Å²) in [7, 11) is -0.386. The van der Waals surface area contributed by atoms with Crippen LogP contribution in [-0.4, -0.2) is 5.11 Å². The lowest BCUT2D eigenvalue weighted by Crippen LogP contribution is -2.14. The number of rotatable bonds is 0. The van der Waals surface area contributed by atoms with Crippen LogP contribution >= 0.6 is 0 Å². The van der Waals surface area contributed by atoms with Gasteiger partial charge in [0.05, 0.1) is 0 Å². The van der Waals surface area contributed by atoms with E-state index in [1.165, 1.54) is 0 Å². The molecule has 1 heterocycles. The Morgan fingerprint density at radius 2 is 2.50 bits per heavy atom. The van der Waals surface area contributed by atoms with E-state index in [1.807, 2.05) is 5.41 Å². The van der Waals surface area contributed by atoms with E-state index in [0.29, 0.717) is 0 Å². The molecule has 0 aromatic heterocycles. The average Bonchev–Trinajstić information content (AvgIpc) is 1.64. The molecule has 1 atom stereocenters. The van der Waals surface area contributed by atoms with Crippen LogP contribution in [0.1, 0.15) is 0 Å². The number of hydrogen-bond acceptors (Lipinski definition) is 2. The summed E-state index contributed by atoms with van der Waals surface area (Å²) < 4.78 is 2.65. The highest BCUT2D eigenvalue weighted by Gasteiger charge is 1.94. The molecule has 2 nitrogen and oxygen atoms in total. The van der Waals surface area contributed by atoms with Crippen LogP contribution < -0.4 is 4.72 Å². The van der Waals surface area contributed by atoms with E-state index in [0.717, 1.165) is 0 Å². The highest BCUT2D eigenvalue weighted by molar-refractivity contribution is 8.29. The fourth-order valence-electron chi connectivity index (χ4n) is 0.373. The number of hydrogen-bond donors (Lipinski definition) is 2. The van der Waals surface area contributed by atoms with E-state index < -0.39 is 0 Å². The molecule has 1 rings (SSSR count). The first-order valence-corrected chi connectivity index (χ1v) is 4.25. The minimum atomic E-state index is -0.386. The Balaban J connectivity index is 2.73. The van der Waals surface area contributed by atoms with Gasteiger partial charge in [0.25, 0.3) is 0 Å². The summed E-state index contributed by atoms with van der Waals surface area (Å²) in [6.45, 7) is 0. The summed E-state index contributed by atoms with van der Waals surface area (Å²) in [5.74, 6) is 0.158. The second kappa shape index (κ2) is 2.28. The zero-order valence-electron chi connectivity index (χ0n) is 4.00. The zero-order chi connectivity index (χ0) is 5.98. The first kappa shape index (κ1) is 5.78. The van der Waals surface area contributed by atoms with Crippen LogP contribution in [-0.2, 0) is 20.8 Å². The van der Waals surface area contributed by atoms with Gasteiger partial charge in [0.1, 0.15) is 0 Å². The lowest BCUT2D eigenvalue weighted by atomic mass is 10.6. The van der Waals surface area contributed by atoms with Gasteiger partial charge in [0, 0.05) is 0 Å². The van der Waals surface area contributed by atoms with Crippen molar-refractivity contribution in [1.82, 2.24) is 4.72 Å². The maximum atomic E-state index is 8.72. The Bertz CT molecular complexity index is 173. The topological polar surface area (TPSA) is 32.3 Å². The zero-order valence-corrected chi connectivity index (χ0v) is 5.63. The summed E-state index contributed by atoms with van der Waals surface area (Å²) in [6.07, 6.45) is 3.30. The Hall–Kier alpha value is -0.350. The van der Waals surface area contributed by atoms with E-state index in [2.05, 4.69) is 4.72 Å². The molecule has 0 aliphatic carbocycles. The van der Waals surface area contributed by atoms with Crippen molar-refractivity contribution < 1.29 is 5.11 Å². The number of allylic oxidation sites excluding steroid dienone is 2. The molecular formula is C4H5NOS2. The molecule has 1 aliphatic heterocycles. The molecule has 0 spiro atoms. The van der Waals surface area contributed by atoms with Crippen molar-refractivity contribution in [2.24, 2.45) is 0 Å². The normalized spacial score (nSPS) is 26.5. The molecule has 0 radical (unpaired) electrons. The largest absolute Gasteiger partial charge is 0.494 e. The fourth-order valence-corrected chi connectivity index (χ4v) is 1.38. The van der Waals surface area contributed by atoms with Gasteiger partial charge in [-0.15, -0.1) is 0 Å². The minimum Gasteiger partial charge on any atom is -0.494 e. The molecule has 0 aromatic carbocycles. The van der Waals surface area contributed by atoms with Crippen LogP contribution in [0.2, 0.25) is 0 Å². The molecule has 0 aromatic rings. The standard InChI is InChI=1S/C4H5NOS2/c6-4-2-1-3-8(7)5-4/h1-3,5-6H. The average molecular weight is 147 g/mol. The van der Waals surface area contributed by atoms with Crippen LogP contribution in [0.25, 0.3) is 0 Å². The minimum absolute atomic E-state index is 0.158. The van der Waals surface area contributed by atoms with E-state index >= 15 is 0 Å². The van der Waals surface area contributed by atoms with Gasteiger partial charge in [0.15, 0.2) is 5.88 Å². The van der Waals surface area contributed by atoms with Gasteiger partial charge >= 0.3 is 0 Å². The van der Waals surface area contributed by atoms with E-state index in [4.69, 9.17) is 16.3 Å². The van der Waals surface area contributed by atoms with Crippen molar-refractivity contribution in [3.05, 3.63) is 23.4 Å². The van der Waals surface area contributed by atoms with E-state index in [1.54, 1.807) is 12.2 Å². The van der Waals surface area contributed by atoms with Gasteiger partial charge in [0.2, 0.25) is 0 Å². The van der Waals surface area contributed by atoms with Crippen LogP contribution in [0.5, 0.6) is 0 Å². The van der Waals surface area contributed by atoms with Gasteiger partial charge < -0.3 is 5.11 Å². The highest BCUT2D eigenvalue weighted by Crippen LogP contribution is 1.94. The van der Waals surface area contributed by atoms with Crippen LogP contribution in [0.15, 0.2) is 23.4 Å². The monoisotopic (exact) mass is 147 g/mol. The summed E-state index contributed by atoms with van der Waals surface area (Å²) >= 11 is 4.80. The summed E-state index contributed by atoms with van der Waals surface area (Å²) in [5.41, 5.74) is 0. The number of aliphatic hydroxyl groups is 1. The molecule has 0 saturated carbocycles. The van der Waals surface area contributed by atoms with Crippen molar-refractivity contribution in [2.45, 2.75) is 0 Å². The van der Waals surface area contributed by atoms with Crippen molar-refractivity contribution >= 4 is 20.8 Å². The Morgan fingerprint density at radius 1 is 1.75 bits per heavy atom. The summed E-state index contributed by atoms with van der Waals surface area (Å²) in [4.78, 5) is 0. The molecule has 1 aliphatic rings. The maximum Gasteiger partial charge on any atom is 0.194 e. The quantitative estimate of drug-likeness (QED) is 0.523. The van der Waals surface area contributed by atoms with E-state index in [9.17, 15) is 0 Å². The van der Waals surface area contributed by atoms with Crippen molar-refractivity contribution in [3.63, 3.8) is 0 Å². The Kier molecular flexibility index (Phi) is 1.65. The maximum absolute atomic E-state index is 8.72. The van der Waals surface area contributed by atoms with Gasteiger partial charge in [-0.05, 0) is 38.4 Å². The van der Waals surface area contributed by atoms with Crippen molar-refractivity contribution in [3.8, 4) is 0 Å². The SMILES string of the molecule is OC1=CC=CS(=S)N1. The van der Waals surface area contributed by atoms with E-state index in [-0.39, 0.29) is 15.5 Å². The fraction of sp³-hybridized carbons (Fsp3) is 0. The van der Waals surface area contributed by atoms with Crippen molar-refractivity contribution in [1.29, 1.82) is 0 Å². The van der Waals surface area contributed by atoms with Crippen LogP contribution in [0.4, 0.5) is 0 Å². The molecule has 1 unspecified atom stereocenters. The first-order chi connectivity index (χ1) is 3.79. The summed E-state index contributed by atoms with van der Waals surface area (Å²) in [6, 6.07) is 0. The molecule has 44 valence electrons. The molecule has 0 bridgehead atoms. The lowest BCUT2D eigenvalue weighted by Gasteiger charge is -2.05. The van der Waals surface area contributed by atoms with Gasteiger partial charge in [-0.25, -0.2) is 0 Å². The second-order valence-corrected chi connectivity index (χ2v) is 3.43.